The van der Waals surface area contributed by atoms with Crippen LogP contribution in [0.25, 0.3) is 10.2 Å². The maximum atomic E-state index is 13.3. The Morgan fingerprint density at radius 1 is 1.09 bits per heavy atom. The Balaban J connectivity index is 1.67. The Hall–Kier alpha value is -3.01. The third-order valence-corrected chi connectivity index (χ3v) is 7.59. The molecule has 0 spiro atoms. The SMILES string of the molecule is COc1ccc(S(=O)(=O)CC(=O)N(Cc2ccncc2)c2nc3ccc(Cl)cc3s2)cc1. The van der Waals surface area contributed by atoms with E-state index in [-0.39, 0.29) is 11.4 Å². The Kier molecular flexibility index (Phi) is 6.40. The Bertz CT molecular complexity index is 1360. The number of rotatable bonds is 7. The van der Waals surface area contributed by atoms with Crippen LogP contribution in [0.4, 0.5) is 5.13 Å². The van der Waals surface area contributed by atoms with Gasteiger partial charge in [-0.3, -0.25) is 14.7 Å². The first-order valence-electron chi connectivity index (χ1n) is 9.48. The van der Waals surface area contributed by atoms with Crippen LogP contribution in [-0.4, -0.2) is 37.2 Å². The van der Waals surface area contributed by atoms with Crippen molar-refractivity contribution in [2.75, 3.05) is 17.8 Å². The molecule has 0 aliphatic rings. The maximum absolute atomic E-state index is 13.3. The van der Waals surface area contributed by atoms with Gasteiger partial charge < -0.3 is 4.74 Å². The summed E-state index contributed by atoms with van der Waals surface area (Å²) in [5.41, 5.74) is 1.48. The summed E-state index contributed by atoms with van der Waals surface area (Å²) in [6.45, 7) is 0.160. The highest BCUT2D eigenvalue weighted by molar-refractivity contribution is 7.92. The van der Waals surface area contributed by atoms with E-state index in [4.69, 9.17) is 16.3 Å². The second-order valence-corrected chi connectivity index (χ2v) is 10.3. The van der Waals surface area contributed by atoms with Gasteiger partial charge in [0.25, 0.3) is 0 Å². The Labute approximate surface area is 194 Å². The van der Waals surface area contributed by atoms with Crippen LogP contribution in [0.2, 0.25) is 5.02 Å². The summed E-state index contributed by atoms with van der Waals surface area (Å²) in [5, 5.41) is 0.954. The van der Waals surface area contributed by atoms with Gasteiger partial charge in [0.2, 0.25) is 5.91 Å². The standard InChI is InChI=1S/C22H18ClN3O4S2/c1-30-17-3-5-18(6-4-17)32(28,29)14-21(27)26(13-15-8-10-24-11-9-15)22-25-19-7-2-16(23)12-20(19)31-22/h2-12H,13-14H2,1H3. The summed E-state index contributed by atoms with van der Waals surface area (Å²) in [6, 6.07) is 14.7. The average Bonchev–Trinajstić information content (AvgIpc) is 3.20. The van der Waals surface area contributed by atoms with Crippen molar-refractivity contribution < 1.29 is 17.9 Å². The molecule has 0 saturated carbocycles. The zero-order valence-electron chi connectivity index (χ0n) is 16.9. The van der Waals surface area contributed by atoms with Crippen LogP contribution in [0.3, 0.4) is 0 Å². The molecule has 0 radical (unpaired) electrons. The number of halogens is 1. The number of pyridine rings is 1. The number of hydrogen-bond donors (Lipinski definition) is 0. The lowest BCUT2D eigenvalue weighted by Crippen LogP contribution is -2.35. The van der Waals surface area contributed by atoms with Gasteiger partial charge in [0.15, 0.2) is 15.0 Å². The van der Waals surface area contributed by atoms with Gasteiger partial charge in [0.05, 0.1) is 28.8 Å². The number of carbonyl (C=O) groups excluding carboxylic acids is 1. The number of amides is 1. The number of fused-ring (bicyclic) bond motifs is 1. The summed E-state index contributed by atoms with van der Waals surface area (Å²) in [5.74, 6) is -0.744. The number of nitrogens with zero attached hydrogens (tertiary/aromatic N) is 3. The van der Waals surface area contributed by atoms with Gasteiger partial charge >= 0.3 is 0 Å². The van der Waals surface area contributed by atoms with Crippen LogP contribution in [0.15, 0.2) is 71.9 Å². The minimum Gasteiger partial charge on any atom is -0.497 e. The van der Waals surface area contributed by atoms with Crippen molar-refractivity contribution in [3.63, 3.8) is 0 Å². The van der Waals surface area contributed by atoms with E-state index in [1.165, 1.54) is 35.5 Å². The fourth-order valence-corrected chi connectivity index (χ4v) is 5.50. The summed E-state index contributed by atoms with van der Waals surface area (Å²) >= 11 is 7.36. The molecule has 1 amide bonds. The lowest BCUT2D eigenvalue weighted by molar-refractivity contribution is -0.116. The molecule has 2 aromatic heterocycles. The molecular weight excluding hydrogens is 470 g/mol. The molecule has 0 fully saturated rings. The monoisotopic (exact) mass is 487 g/mol. The minimum atomic E-state index is -3.87. The third kappa shape index (κ3) is 4.90. The number of methoxy groups -OCH3 is 1. The van der Waals surface area contributed by atoms with Crippen molar-refractivity contribution in [2.45, 2.75) is 11.4 Å². The minimum absolute atomic E-state index is 0.0478. The molecular formula is C22H18ClN3O4S2. The van der Waals surface area contributed by atoms with Crippen LogP contribution in [0.5, 0.6) is 5.75 Å². The summed E-state index contributed by atoms with van der Waals surface area (Å²) < 4.78 is 31.7. The summed E-state index contributed by atoms with van der Waals surface area (Å²) in [7, 11) is -2.37. The van der Waals surface area contributed by atoms with Crippen molar-refractivity contribution in [2.24, 2.45) is 0 Å². The predicted molar refractivity (Wildman–Crippen MR) is 125 cm³/mol. The Morgan fingerprint density at radius 2 is 1.81 bits per heavy atom. The lowest BCUT2D eigenvalue weighted by atomic mass is 10.2. The second-order valence-electron chi connectivity index (χ2n) is 6.88. The van der Waals surface area contributed by atoms with E-state index < -0.39 is 21.5 Å². The number of hydrogen-bond acceptors (Lipinski definition) is 7. The molecule has 32 heavy (non-hydrogen) atoms. The topological polar surface area (TPSA) is 89.5 Å². The largest absolute Gasteiger partial charge is 0.497 e. The van der Waals surface area contributed by atoms with Gasteiger partial charge in [-0.2, -0.15) is 0 Å². The van der Waals surface area contributed by atoms with Gasteiger partial charge in [-0.05, 0) is 60.2 Å². The van der Waals surface area contributed by atoms with Crippen LogP contribution >= 0.6 is 22.9 Å². The lowest BCUT2D eigenvalue weighted by Gasteiger charge is -2.20. The predicted octanol–water partition coefficient (Wildman–Crippen LogP) is 4.36. The zero-order valence-corrected chi connectivity index (χ0v) is 19.3. The average molecular weight is 488 g/mol. The molecule has 7 nitrogen and oxygen atoms in total. The molecule has 0 atom stereocenters. The second kappa shape index (κ2) is 9.23. The van der Waals surface area contributed by atoms with Gasteiger partial charge in [-0.25, -0.2) is 13.4 Å². The molecule has 0 aliphatic heterocycles. The van der Waals surface area contributed by atoms with E-state index in [0.29, 0.717) is 21.4 Å². The number of anilines is 1. The number of thiazole rings is 1. The molecule has 10 heteroatoms. The highest BCUT2D eigenvalue weighted by Crippen LogP contribution is 2.32. The summed E-state index contributed by atoms with van der Waals surface area (Å²) in [6.07, 6.45) is 3.23. The van der Waals surface area contributed by atoms with Crippen molar-refractivity contribution in [1.82, 2.24) is 9.97 Å². The van der Waals surface area contributed by atoms with Gasteiger partial charge in [0, 0.05) is 17.4 Å². The van der Waals surface area contributed by atoms with E-state index in [0.717, 1.165) is 10.3 Å². The fourth-order valence-electron chi connectivity index (χ4n) is 3.04. The summed E-state index contributed by atoms with van der Waals surface area (Å²) in [4.78, 5) is 23.2. The smallest absolute Gasteiger partial charge is 0.244 e. The van der Waals surface area contributed by atoms with E-state index >= 15 is 0 Å². The van der Waals surface area contributed by atoms with Gasteiger partial charge in [-0.1, -0.05) is 22.9 Å². The molecule has 2 aromatic carbocycles. The van der Waals surface area contributed by atoms with Crippen molar-refractivity contribution in [3.05, 3.63) is 77.6 Å². The first-order valence-corrected chi connectivity index (χ1v) is 12.3. The first-order chi connectivity index (χ1) is 15.4. The van der Waals surface area contributed by atoms with E-state index in [1.807, 2.05) is 0 Å². The number of carbonyl (C=O) groups is 1. The number of aromatic nitrogens is 2. The van der Waals surface area contributed by atoms with Crippen LogP contribution in [-0.2, 0) is 21.2 Å². The first kappa shape index (κ1) is 22.2. The molecule has 0 bridgehead atoms. The third-order valence-electron chi connectivity index (χ3n) is 4.69. The molecule has 0 unspecified atom stereocenters. The molecule has 4 aromatic rings. The van der Waals surface area contributed by atoms with E-state index in [9.17, 15) is 13.2 Å². The van der Waals surface area contributed by atoms with Crippen LogP contribution in [0, 0.1) is 0 Å². The van der Waals surface area contributed by atoms with E-state index in [2.05, 4.69) is 9.97 Å². The van der Waals surface area contributed by atoms with E-state index in [1.54, 1.807) is 54.9 Å². The molecule has 0 aliphatic carbocycles. The fraction of sp³-hybridized carbons (Fsp3) is 0.136. The van der Waals surface area contributed by atoms with Crippen molar-refractivity contribution in [3.8, 4) is 5.75 Å². The van der Waals surface area contributed by atoms with Crippen molar-refractivity contribution >= 4 is 54.0 Å². The quantitative estimate of drug-likeness (QED) is 0.384. The molecule has 0 saturated heterocycles. The van der Waals surface area contributed by atoms with Gasteiger partial charge in [0.1, 0.15) is 11.5 Å². The Morgan fingerprint density at radius 3 is 2.50 bits per heavy atom. The number of sulfone groups is 1. The molecule has 0 N–H and O–H groups in total. The van der Waals surface area contributed by atoms with Crippen molar-refractivity contribution in [1.29, 1.82) is 0 Å². The molecule has 2 heterocycles. The van der Waals surface area contributed by atoms with Gasteiger partial charge in [-0.15, -0.1) is 0 Å². The maximum Gasteiger partial charge on any atom is 0.244 e. The molecule has 164 valence electrons. The van der Waals surface area contributed by atoms with Crippen LogP contribution in [0.1, 0.15) is 5.56 Å². The number of ether oxygens (including phenoxy) is 1. The highest BCUT2D eigenvalue weighted by atomic mass is 35.5. The normalized spacial score (nSPS) is 11.4. The van der Waals surface area contributed by atoms with Crippen LogP contribution < -0.4 is 9.64 Å². The zero-order chi connectivity index (χ0) is 22.7. The molecule has 4 rings (SSSR count). The number of benzene rings is 2. The highest BCUT2D eigenvalue weighted by Gasteiger charge is 2.27.